The van der Waals surface area contributed by atoms with Crippen LogP contribution >= 0.6 is 0 Å². The molecule has 0 radical (unpaired) electrons. The number of allylic oxidation sites excluding steroid dienone is 4. The molecule has 0 saturated heterocycles. The summed E-state index contributed by atoms with van der Waals surface area (Å²) in [5, 5.41) is 0. The fraction of sp³-hybridized carbons (Fsp3) is 0.688. The third kappa shape index (κ3) is 15.1. The third-order valence-corrected chi connectivity index (χ3v) is 2.86. The molecule has 0 N–H and O–H groups in total. The van der Waals surface area contributed by atoms with E-state index in [1.165, 1.54) is 51.4 Å². The number of aldehydes is 1. The monoisotopic (exact) mass is 236 g/mol. The summed E-state index contributed by atoms with van der Waals surface area (Å²) in [4.78, 5) is 10.0. The van der Waals surface area contributed by atoms with Gasteiger partial charge in [-0.2, -0.15) is 0 Å². The number of rotatable bonds is 12. The predicted molar refractivity (Wildman–Crippen MR) is 76.2 cm³/mol. The molecule has 0 aromatic rings. The molecule has 1 nitrogen and oxygen atoms in total. The minimum Gasteiger partial charge on any atom is -0.299 e. The lowest BCUT2D eigenvalue weighted by Gasteiger charge is -1.98. The Morgan fingerprint density at radius 1 is 0.706 bits per heavy atom. The summed E-state index contributed by atoms with van der Waals surface area (Å²) in [6.07, 6.45) is 21.7. The molecule has 0 fully saturated rings. The van der Waals surface area contributed by atoms with E-state index >= 15 is 0 Å². The van der Waals surface area contributed by atoms with Crippen molar-refractivity contribution in [2.45, 2.75) is 71.1 Å². The van der Waals surface area contributed by atoms with Gasteiger partial charge in [-0.05, 0) is 31.8 Å². The van der Waals surface area contributed by atoms with Crippen LogP contribution in [0.5, 0.6) is 0 Å². The van der Waals surface area contributed by atoms with Gasteiger partial charge in [0, 0.05) is 0 Å². The molecule has 0 aromatic heterocycles. The lowest BCUT2D eigenvalue weighted by atomic mass is 10.1. The van der Waals surface area contributed by atoms with E-state index in [4.69, 9.17) is 0 Å². The first-order valence-electron chi connectivity index (χ1n) is 7.17. The van der Waals surface area contributed by atoms with Gasteiger partial charge in [0.15, 0.2) is 0 Å². The van der Waals surface area contributed by atoms with Gasteiger partial charge >= 0.3 is 0 Å². The standard InChI is InChI=1S/C16H28O/c1-2-3-4-5-6-7-8-9-10-11-12-13-14-15-16-17/h10-11,14-16H,2-9,12-13H2,1H3. The van der Waals surface area contributed by atoms with Crippen molar-refractivity contribution >= 4 is 6.29 Å². The van der Waals surface area contributed by atoms with Gasteiger partial charge in [-0.25, -0.2) is 0 Å². The van der Waals surface area contributed by atoms with E-state index in [2.05, 4.69) is 19.1 Å². The Hall–Kier alpha value is -0.850. The predicted octanol–water partition coefficient (Wildman–Crippen LogP) is 5.22. The maximum atomic E-state index is 10.0. The van der Waals surface area contributed by atoms with Crippen molar-refractivity contribution in [2.24, 2.45) is 0 Å². The number of hydrogen-bond donors (Lipinski definition) is 0. The van der Waals surface area contributed by atoms with Crippen LogP contribution in [0.2, 0.25) is 0 Å². The maximum absolute atomic E-state index is 10.0. The molecule has 0 saturated carbocycles. The molecule has 0 unspecified atom stereocenters. The summed E-state index contributed by atoms with van der Waals surface area (Å²) < 4.78 is 0. The van der Waals surface area contributed by atoms with Gasteiger partial charge in [-0.3, -0.25) is 4.79 Å². The first kappa shape index (κ1) is 16.1. The molecule has 0 aliphatic heterocycles. The van der Waals surface area contributed by atoms with Gasteiger partial charge < -0.3 is 0 Å². The van der Waals surface area contributed by atoms with E-state index in [1.807, 2.05) is 6.08 Å². The molecule has 0 spiro atoms. The molecule has 17 heavy (non-hydrogen) atoms. The van der Waals surface area contributed by atoms with Crippen molar-refractivity contribution < 1.29 is 4.79 Å². The highest BCUT2D eigenvalue weighted by Crippen LogP contribution is 2.08. The molecule has 0 rings (SSSR count). The van der Waals surface area contributed by atoms with Crippen LogP contribution in [-0.4, -0.2) is 6.29 Å². The highest BCUT2D eigenvalue weighted by molar-refractivity contribution is 5.64. The first-order chi connectivity index (χ1) is 8.41. The Morgan fingerprint density at radius 3 is 2.00 bits per heavy atom. The van der Waals surface area contributed by atoms with Crippen molar-refractivity contribution in [1.82, 2.24) is 0 Å². The molecule has 98 valence electrons. The Morgan fingerprint density at radius 2 is 1.29 bits per heavy atom. The van der Waals surface area contributed by atoms with Crippen LogP contribution < -0.4 is 0 Å². The molecule has 0 aliphatic rings. The second kappa shape index (κ2) is 15.1. The Kier molecular flexibility index (Phi) is 14.4. The molecular formula is C16H28O. The highest BCUT2D eigenvalue weighted by atomic mass is 16.1. The SMILES string of the molecule is CCCCCCCCCC=CCCC=CC=O. The van der Waals surface area contributed by atoms with Crippen molar-refractivity contribution in [1.29, 1.82) is 0 Å². The van der Waals surface area contributed by atoms with E-state index in [0.29, 0.717) is 0 Å². The molecule has 0 atom stereocenters. The third-order valence-electron chi connectivity index (χ3n) is 2.86. The first-order valence-corrected chi connectivity index (χ1v) is 7.17. The Labute approximate surface area is 107 Å². The summed E-state index contributed by atoms with van der Waals surface area (Å²) in [6, 6.07) is 0. The lowest BCUT2D eigenvalue weighted by Crippen LogP contribution is -1.78. The summed E-state index contributed by atoms with van der Waals surface area (Å²) >= 11 is 0. The van der Waals surface area contributed by atoms with E-state index in [9.17, 15) is 4.79 Å². The molecular weight excluding hydrogens is 208 g/mol. The zero-order valence-corrected chi connectivity index (χ0v) is 11.4. The molecule has 0 heterocycles. The van der Waals surface area contributed by atoms with Crippen LogP contribution in [0.15, 0.2) is 24.3 Å². The van der Waals surface area contributed by atoms with Gasteiger partial charge in [0.05, 0.1) is 0 Å². The number of carbonyl (C=O) groups excluding carboxylic acids is 1. The minimum atomic E-state index is 0.836. The zero-order valence-electron chi connectivity index (χ0n) is 11.4. The van der Waals surface area contributed by atoms with Crippen LogP contribution in [0.3, 0.4) is 0 Å². The van der Waals surface area contributed by atoms with Gasteiger partial charge in [0.1, 0.15) is 6.29 Å². The second-order valence-electron chi connectivity index (χ2n) is 4.52. The van der Waals surface area contributed by atoms with Crippen molar-refractivity contribution in [3.05, 3.63) is 24.3 Å². The highest BCUT2D eigenvalue weighted by Gasteiger charge is 1.89. The normalized spacial score (nSPS) is 11.6. The van der Waals surface area contributed by atoms with E-state index in [-0.39, 0.29) is 0 Å². The molecule has 0 amide bonds. The average molecular weight is 236 g/mol. The van der Waals surface area contributed by atoms with Gasteiger partial charge in [-0.1, -0.05) is 63.7 Å². The molecule has 1 heteroatoms. The summed E-state index contributed by atoms with van der Waals surface area (Å²) in [7, 11) is 0. The van der Waals surface area contributed by atoms with Crippen LogP contribution in [0.4, 0.5) is 0 Å². The topological polar surface area (TPSA) is 17.1 Å². The Bertz CT molecular complexity index is 204. The van der Waals surface area contributed by atoms with E-state index in [0.717, 1.165) is 19.1 Å². The fourth-order valence-corrected chi connectivity index (χ4v) is 1.80. The minimum absolute atomic E-state index is 0.836. The molecule has 0 aromatic carbocycles. The van der Waals surface area contributed by atoms with Gasteiger partial charge in [-0.15, -0.1) is 0 Å². The van der Waals surface area contributed by atoms with E-state index < -0.39 is 0 Å². The largest absolute Gasteiger partial charge is 0.299 e. The lowest BCUT2D eigenvalue weighted by molar-refractivity contribution is -0.104. The number of hydrogen-bond acceptors (Lipinski definition) is 1. The van der Waals surface area contributed by atoms with Crippen molar-refractivity contribution in [3.63, 3.8) is 0 Å². The van der Waals surface area contributed by atoms with Crippen LogP contribution in [0, 0.1) is 0 Å². The van der Waals surface area contributed by atoms with Crippen LogP contribution in [0.1, 0.15) is 71.1 Å². The maximum Gasteiger partial charge on any atom is 0.142 e. The molecule has 0 aliphatic carbocycles. The summed E-state index contributed by atoms with van der Waals surface area (Å²) in [5.41, 5.74) is 0. The van der Waals surface area contributed by atoms with Gasteiger partial charge in [0.2, 0.25) is 0 Å². The second-order valence-corrected chi connectivity index (χ2v) is 4.52. The van der Waals surface area contributed by atoms with Crippen molar-refractivity contribution in [2.75, 3.05) is 0 Å². The summed E-state index contributed by atoms with van der Waals surface area (Å²) in [5.74, 6) is 0. The number of carbonyl (C=O) groups is 1. The fourth-order valence-electron chi connectivity index (χ4n) is 1.80. The van der Waals surface area contributed by atoms with Crippen LogP contribution in [0.25, 0.3) is 0 Å². The van der Waals surface area contributed by atoms with Crippen LogP contribution in [-0.2, 0) is 4.79 Å². The Balaban J connectivity index is 3.08. The number of unbranched alkanes of at least 4 members (excludes halogenated alkanes) is 8. The summed E-state index contributed by atoms with van der Waals surface area (Å²) in [6.45, 7) is 2.26. The van der Waals surface area contributed by atoms with Crippen molar-refractivity contribution in [3.8, 4) is 0 Å². The van der Waals surface area contributed by atoms with Gasteiger partial charge in [0.25, 0.3) is 0 Å². The zero-order chi connectivity index (χ0) is 12.6. The quantitative estimate of drug-likeness (QED) is 0.196. The average Bonchev–Trinajstić information content (AvgIpc) is 2.35. The molecule has 0 bridgehead atoms. The smallest absolute Gasteiger partial charge is 0.142 e. The van der Waals surface area contributed by atoms with E-state index in [1.54, 1.807) is 6.08 Å².